The van der Waals surface area contributed by atoms with Gasteiger partial charge in [0.25, 0.3) is 0 Å². The highest BCUT2D eigenvalue weighted by atomic mass is 16.3. The fourth-order valence-electron chi connectivity index (χ4n) is 4.59. The lowest BCUT2D eigenvalue weighted by atomic mass is 9.66. The fourth-order valence-corrected chi connectivity index (χ4v) is 4.59. The molecule has 0 spiro atoms. The molecule has 1 heterocycles. The van der Waals surface area contributed by atoms with Crippen LogP contribution in [0.4, 0.5) is 0 Å². The summed E-state index contributed by atoms with van der Waals surface area (Å²) in [5, 5.41) is 14.4. The van der Waals surface area contributed by atoms with E-state index in [-0.39, 0.29) is 23.9 Å². The monoisotopic (exact) mass is 382 g/mol. The van der Waals surface area contributed by atoms with Gasteiger partial charge in [-0.3, -0.25) is 0 Å². The van der Waals surface area contributed by atoms with Crippen molar-refractivity contribution < 1.29 is 10.4 Å². The number of rotatable bonds is 2. The van der Waals surface area contributed by atoms with Gasteiger partial charge in [0, 0.05) is 16.7 Å². The van der Waals surface area contributed by atoms with E-state index in [4.69, 9.17) is 0 Å². The van der Waals surface area contributed by atoms with E-state index >= 15 is 0 Å². The van der Waals surface area contributed by atoms with Crippen molar-refractivity contribution in [1.82, 2.24) is 0 Å². The lowest BCUT2D eigenvalue weighted by molar-refractivity contribution is -0.762. The summed E-state index contributed by atoms with van der Waals surface area (Å²) >= 11 is 0. The molecule has 0 saturated carbocycles. The zero-order valence-electron chi connectivity index (χ0n) is 17.0. The van der Waals surface area contributed by atoms with Gasteiger partial charge in [-0.05, 0) is 12.1 Å². The normalized spacial score (nSPS) is 28.9. The van der Waals surface area contributed by atoms with E-state index in [0.717, 1.165) is 5.56 Å². The van der Waals surface area contributed by atoms with Crippen LogP contribution in [-0.2, 0) is 0 Å². The second-order valence-corrected chi connectivity index (χ2v) is 8.08. The minimum absolute atomic E-state index is 0.0175. The van der Waals surface area contributed by atoms with E-state index in [2.05, 4.69) is 79.5 Å². The first-order valence-electron chi connectivity index (χ1n) is 10.3. The SMILES string of the molecule is C[C@H]1[C@@H](c2ccccc2)[NH2+][C@H](c2ccccc2)[C@H](C)C1(O)C#Cc1ccccc1. The van der Waals surface area contributed by atoms with E-state index < -0.39 is 5.60 Å². The molecule has 3 N–H and O–H groups in total. The van der Waals surface area contributed by atoms with E-state index in [1.807, 2.05) is 42.5 Å². The van der Waals surface area contributed by atoms with Crippen LogP contribution in [0.15, 0.2) is 91.0 Å². The van der Waals surface area contributed by atoms with E-state index in [9.17, 15) is 5.11 Å². The Bertz CT molecular complexity index is 937. The molecular weight excluding hydrogens is 354 g/mol. The van der Waals surface area contributed by atoms with E-state index in [0.29, 0.717) is 0 Å². The number of piperidine rings is 1. The largest absolute Gasteiger partial charge is 0.376 e. The fraction of sp³-hybridized carbons (Fsp3) is 0.259. The molecule has 0 radical (unpaired) electrons. The first-order valence-corrected chi connectivity index (χ1v) is 10.3. The number of benzene rings is 3. The van der Waals surface area contributed by atoms with Gasteiger partial charge in [0.05, 0.1) is 11.8 Å². The first-order chi connectivity index (χ1) is 14.1. The van der Waals surface area contributed by atoms with Gasteiger partial charge in [0.1, 0.15) is 17.7 Å². The number of quaternary nitrogens is 1. The molecule has 3 aromatic rings. The van der Waals surface area contributed by atoms with Gasteiger partial charge >= 0.3 is 0 Å². The van der Waals surface area contributed by atoms with Crippen LogP contribution >= 0.6 is 0 Å². The molecule has 0 amide bonds. The Morgan fingerprint density at radius 3 is 1.55 bits per heavy atom. The summed E-state index contributed by atoms with van der Waals surface area (Å²) in [6, 6.07) is 31.2. The summed E-state index contributed by atoms with van der Waals surface area (Å²) in [6.07, 6.45) is 0. The van der Waals surface area contributed by atoms with Crippen molar-refractivity contribution in [3.05, 3.63) is 108 Å². The zero-order valence-corrected chi connectivity index (χ0v) is 17.0. The summed E-state index contributed by atoms with van der Waals surface area (Å²) in [4.78, 5) is 0. The molecule has 2 heteroatoms. The number of nitrogens with two attached hydrogens (primary N) is 1. The van der Waals surface area contributed by atoms with E-state index in [1.54, 1.807) is 0 Å². The van der Waals surface area contributed by atoms with Crippen LogP contribution in [0.3, 0.4) is 0 Å². The van der Waals surface area contributed by atoms with Crippen molar-refractivity contribution in [2.24, 2.45) is 11.8 Å². The number of aliphatic hydroxyl groups is 1. The third-order valence-corrected chi connectivity index (χ3v) is 6.43. The molecule has 4 rings (SSSR count). The maximum absolute atomic E-state index is 11.9. The second kappa shape index (κ2) is 8.25. The van der Waals surface area contributed by atoms with Crippen LogP contribution in [0.2, 0.25) is 0 Å². The third kappa shape index (κ3) is 3.85. The highest BCUT2D eigenvalue weighted by molar-refractivity contribution is 5.38. The lowest BCUT2D eigenvalue weighted by Gasteiger charge is -2.46. The summed E-state index contributed by atoms with van der Waals surface area (Å²) in [5.41, 5.74) is 2.30. The molecule has 0 bridgehead atoms. The molecule has 0 aromatic heterocycles. The maximum atomic E-state index is 11.9. The summed E-state index contributed by atoms with van der Waals surface area (Å²) in [7, 11) is 0. The van der Waals surface area contributed by atoms with Crippen LogP contribution in [-0.4, -0.2) is 10.7 Å². The van der Waals surface area contributed by atoms with Crippen LogP contribution < -0.4 is 5.32 Å². The maximum Gasteiger partial charge on any atom is 0.142 e. The Morgan fingerprint density at radius 1 is 0.690 bits per heavy atom. The number of hydrogen-bond donors (Lipinski definition) is 2. The lowest BCUT2D eigenvalue weighted by Crippen LogP contribution is -2.93. The Balaban J connectivity index is 1.78. The minimum atomic E-state index is -1.09. The quantitative estimate of drug-likeness (QED) is 0.643. The van der Waals surface area contributed by atoms with Gasteiger partial charge in [-0.2, -0.15) is 0 Å². The second-order valence-electron chi connectivity index (χ2n) is 8.08. The van der Waals surface area contributed by atoms with Gasteiger partial charge in [-0.25, -0.2) is 0 Å². The average Bonchev–Trinajstić information content (AvgIpc) is 2.78. The topological polar surface area (TPSA) is 36.8 Å². The average molecular weight is 383 g/mol. The van der Waals surface area contributed by atoms with Crippen molar-refractivity contribution in [3.8, 4) is 11.8 Å². The van der Waals surface area contributed by atoms with Gasteiger partial charge in [0.15, 0.2) is 0 Å². The smallest absolute Gasteiger partial charge is 0.142 e. The standard InChI is InChI=1S/C27H27NO/c1-20-25(23-14-8-4-9-15-23)28-26(24-16-10-5-11-17-24)21(2)27(20,29)19-18-22-12-6-3-7-13-22/h3-17,20-21,25-26,28-29H,1-2H3/p+1/t20-,21-,25-,26-/m0/s1. The molecule has 4 atom stereocenters. The van der Waals surface area contributed by atoms with Crippen molar-refractivity contribution >= 4 is 0 Å². The molecule has 2 nitrogen and oxygen atoms in total. The first kappa shape index (κ1) is 19.5. The summed E-state index contributed by atoms with van der Waals surface area (Å²) in [6.45, 7) is 4.26. The van der Waals surface area contributed by atoms with Crippen LogP contribution in [0.1, 0.15) is 42.6 Å². The molecule has 1 aliphatic rings. The van der Waals surface area contributed by atoms with Crippen LogP contribution in [0.25, 0.3) is 0 Å². The highest BCUT2D eigenvalue weighted by Gasteiger charge is 2.53. The van der Waals surface area contributed by atoms with Crippen LogP contribution in [0, 0.1) is 23.7 Å². The molecule has 29 heavy (non-hydrogen) atoms. The van der Waals surface area contributed by atoms with Gasteiger partial charge < -0.3 is 10.4 Å². The Hall–Kier alpha value is -2.86. The van der Waals surface area contributed by atoms with Crippen molar-refractivity contribution in [1.29, 1.82) is 0 Å². The van der Waals surface area contributed by atoms with Gasteiger partial charge in [-0.1, -0.05) is 105 Å². The van der Waals surface area contributed by atoms with Crippen molar-refractivity contribution in [2.75, 3.05) is 0 Å². The van der Waals surface area contributed by atoms with Gasteiger partial charge in [0.2, 0.25) is 0 Å². The van der Waals surface area contributed by atoms with Crippen molar-refractivity contribution in [2.45, 2.75) is 31.5 Å². The Morgan fingerprint density at radius 2 is 1.10 bits per heavy atom. The highest BCUT2D eigenvalue weighted by Crippen LogP contribution is 2.42. The predicted octanol–water partition coefficient (Wildman–Crippen LogP) is 4.10. The number of hydrogen-bond acceptors (Lipinski definition) is 1. The third-order valence-electron chi connectivity index (χ3n) is 6.43. The van der Waals surface area contributed by atoms with Crippen molar-refractivity contribution in [3.63, 3.8) is 0 Å². The molecule has 3 aromatic carbocycles. The van der Waals surface area contributed by atoms with Crippen LogP contribution in [0.5, 0.6) is 0 Å². The molecule has 0 aliphatic carbocycles. The molecule has 146 valence electrons. The molecule has 1 aliphatic heterocycles. The summed E-state index contributed by atoms with van der Waals surface area (Å²) < 4.78 is 0. The Labute approximate surface area is 173 Å². The van der Waals surface area contributed by atoms with Gasteiger partial charge in [-0.15, -0.1) is 0 Å². The predicted molar refractivity (Wildman–Crippen MR) is 117 cm³/mol. The molecule has 1 saturated heterocycles. The Kier molecular flexibility index (Phi) is 5.53. The molecule has 1 fully saturated rings. The molecule has 0 unspecified atom stereocenters. The minimum Gasteiger partial charge on any atom is -0.376 e. The molecular formula is C27H28NO+. The zero-order chi connectivity index (χ0) is 20.3. The van der Waals surface area contributed by atoms with E-state index in [1.165, 1.54) is 11.1 Å². The summed E-state index contributed by atoms with van der Waals surface area (Å²) in [5.74, 6) is 6.51.